The summed E-state index contributed by atoms with van der Waals surface area (Å²) in [4.78, 5) is 0. The molecule has 2 aliphatic heterocycles. The molecule has 0 spiro atoms. The summed E-state index contributed by atoms with van der Waals surface area (Å²) in [6.07, 6.45) is 6.26. The molecular formula is C16H23NO. The van der Waals surface area contributed by atoms with Crippen LogP contribution in [0.3, 0.4) is 0 Å². The maximum atomic E-state index is 5.79. The van der Waals surface area contributed by atoms with E-state index in [1.165, 1.54) is 61.9 Å². The van der Waals surface area contributed by atoms with Crippen LogP contribution in [0.5, 0.6) is 5.75 Å². The first kappa shape index (κ1) is 12.0. The minimum atomic E-state index is 0.869. The van der Waals surface area contributed by atoms with Crippen molar-refractivity contribution in [1.29, 1.82) is 0 Å². The number of hydrogen-bond acceptors (Lipinski definition) is 2. The van der Waals surface area contributed by atoms with E-state index in [4.69, 9.17) is 4.74 Å². The molecule has 0 saturated carbocycles. The van der Waals surface area contributed by atoms with Gasteiger partial charge in [-0.3, -0.25) is 0 Å². The molecule has 0 atom stereocenters. The molecule has 3 rings (SSSR count). The first-order valence-corrected chi connectivity index (χ1v) is 7.29. The van der Waals surface area contributed by atoms with E-state index in [-0.39, 0.29) is 0 Å². The minimum Gasteiger partial charge on any atom is -0.493 e. The highest BCUT2D eigenvalue weighted by atomic mass is 16.5. The number of hydrogen-bond donors (Lipinski definition) is 1. The van der Waals surface area contributed by atoms with Gasteiger partial charge in [-0.05, 0) is 74.7 Å². The first-order chi connectivity index (χ1) is 8.83. The van der Waals surface area contributed by atoms with Crippen molar-refractivity contribution in [3.05, 3.63) is 28.8 Å². The largest absolute Gasteiger partial charge is 0.493 e. The summed E-state index contributed by atoms with van der Waals surface area (Å²) in [5.41, 5.74) is 4.28. The van der Waals surface area contributed by atoms with Crippen LogP contribution in [0.25, 0.3) is 0 Å². The molecule has 18 heavy (non-hydrogen) atoms. The van der Waals surface area contributed by atoms with Gasteiger partial charge in [0.15, 0.2) is 0 Å². The topological polar surface area (TPSA) is 21.3 Å². The molecule has 0 radical (unpaired) electrons. The average molecular weight is 245 g/mol. The maximum absolute atomic E-state index is 5.79. The molecule has 1 saturated heterocycles. The Morgan fingerprint density at radius 3 is 2.94 bits per heavy atom. The highest BCUT2D eigenvalue weighted by molar-refractivity contribution is 5.45. The molecule has 0 unspecified atom stereocenters. The van der Waals surface area contributed by atoms with Gasteiger partial charge in [-0.25, -0.2) is 0 Å². The lowest BCUT2D eigenvalue weighted by molar-refractivity contribution is 0.286. The molecule has 1 N–H and O–H groups in total. The van der Waals surface area contributed by atoms with Crippen molar-refractivity contribution in [3.63, 3.8) is 0 Å². The van der Waals surface area contributed by atoms with E-state index in [0.29, 0.717) is 0 Å². The molecule has 1 aromatic carbocycles. The Balaban J connectivity index is 1.77. The molecular weight excluding hydrogens is 222 g/mol. The van der Waals surface area contributed by atoms with Crippen LogP contribution in [0, 0.1) is 12.8 Å². The van der Waals surface area contributed by atoms with E-state index in [2.05, 4.69) is 24.4 Å². The average Bonchev–Trinajstić information content (AvgIpc) is 2.40. The number of ether oxygens (including phenoxy) is 1. The van der Waals surface area contributed by atoms with E-state index in [0.717, 1.165) is 18.3 Å². The zero-order valence-electron chi connectivity index (χ0n) is 11.3. The highest BCUT2D eigenvalue weighted by Gasteiger charge is 2.17. The van der Waals surface area contributed by atoms with Crippen LogP contribution in [0.4, 0.5) is 0 Å². The van der Waals surface area contributed by atoms with Crippen LogP contribution < -0.4 is 10.1 Å². The van der Waals surface area contributed by atoms with Crippen molar-refractivity contribution in [3.8, 4) is 5.75 Å². The summed E-state index contributed by atoms with van der Waals surface area (Å²) in [5.74, 6) is 2.03. The molecule has 1 aromatic rings. The number of rotatable bonds is 2. The van der Waals surface area contributed by atoms with Crippen LogP contribution in [-0.4, -0.2) is 19.7 Å². The SMILES string of the molecule is Cc1cc(CC2CCNCC2)cc2c1OCCC2. The molecule has 0 aromatic heterocycles. The van der Waals surface area contributed by atoms with Gasteiger partial charge in [-0.1, -0.05) is 12.1 Å². The number of fused-ring (bicyclic) bond motifs is 1. The second-order valence-electron chi connectivity index (χ2n) is 5.75. The van der Waals surface area contributed by atoms with Crippen molar-refractivity contribution < 1.29 is 4.74 Å². The Hall–Kier alpha value is -1.02. The van der Waals surface area contributed by atoms with Gasteiger partial charge in [0, 0.05) is 0 Å². The lowest BCUT2D eigenvalue weighted by Gasteiger charge is -2.24. The molecule has 2 aliphatic rings. The predicted molar refractivity (Wildman–Crippen MR) is 74.3 cm³/mol. The number of aryl methyl sites for hydroxylation is 2. The molecule has 0 amide bonds. The Bertz CT molecular complexity index is 421. The van der Waals surface area contributed by atoms with Crippen molar-refractivity contribution in [2.24, 2.45) is 5.92 Å². The van der Waals surface area contributed by atoms with Crippen molar-refractivity contribution >= 4 is 0 Å². The maximum Gasteiger partial charge on any atom is 0.125 e. The minimum absolute atomic E-state index is 0.869. The molecule has 1 fully saturated rings. The van der Waals surface area contributed by atoms with Crippen LogP contribution >= 0.6 is 0 Å². The van der Waals surface area contributed by atoms with Gasteiger partial charge >= 0.3 is 0 Å². The van der Waals surface area contributed by atoms with Crippen LogP contribution in [0.2, 0.25) is 0 Å². The number of nitrogens with one attached hydrogen (secondary N) is 1. The lowest BCUT2D eigenvalue weighted by atomic mass is 9.89. The second kappa shape index (κ2) is 5.31. The number of benzene rings is 1. The van der Waals surface area contributed by atoms with E-state index in [1.807, 2.05) is 0 Å². The third kappa shape index (κ3) is 2.54. The Morgan fingerprint density at radius 2 is 2.11 bits per heavy atom. The number of piperidine rings is 1. The molecule has 0 aliphatic carbocycles. The summed E-state index contributed by atoms with van der Waals surface area (Å²) in [6, 6.07) is 4.73. The van der Waals surface area contributed by atoms with E-state index < -0.39 is 0 Å². The van der Waals surface area contributed by atoms with Gasteiger partial charge in [0.05, 0.1) is 6.61 Å². The second-order valence-corrected chi connectivity index (χ2v) is 5.75. The fourth-order valence-corrected chi connectivity index (χ4v) is 3.29. The van der Waals surface area contributed by atoms with Gasteiger partial charge < -0.3 is 10.1 Å². The zero-order chi connectivity index (χ0) is 12.4. The Morgan fingerprint density at radius 1 is 1.28 bits per heavy atom. The van der Waals surface area contributed by atoms with Gasteiger partial charge in [-0.2, -0.15) is 0 Å². The molecule has 2 nitrogen and oxygen atoms in total. The van der Waals surface area contributed by atoms with Crippen molar-refractivity contribution in [2.45, 2.75) is 39.0 Å². The quantitative estimate of drug-likeness (QED) is 0.865. The van der Waals surface area contributed by atoms with Gasteiger partial charge in [0.25, 0.3) is 0 Å². The fraction of sp³-hybridized carbons (Fsp3) is 0.625. The molecule has 0 bridgehead atoms. The van der Waals surface area contributed by atoms with Gasteiger partial charge in [-0.15, -0.1) is 0 Å². The molecule has 98 valence electrons. The third-order valence-corrected chi connectivity index (χ3v) is 4.23. The standard InChI is InChI=1S/C16H23NO/c1-12-9-14(10-13-4-6-17-7-5-13)11-15-3-2-8-18-16(12)15/h9,11,13,17H,2-8,10H2,1H3. The van der Waals surface area contributed by atoms with Crippen LogP contribution in [0.15, 0.2) is 12.1 Å². The van der Waals surface area contributed by atoms with Gasteiger partial charge in [0.2, 0.25) is 0 Å². The summed E-state index contributed by atoms with van der Waals surface area (Å²) >= 11 is 0. The van der Waals surface area contributed by atoms with Gasteiger partial charge in [0.1, 0.15) is 5.75 Å². The normalized spacial score (nSPS) is 20.3. The summed E-state index contributed by atoms with van der Waals surface area (Å²) in [5, 5.41) is 3.44. The molecule has 2 heteroatoms. The van der Waals surface area contributed by atoms with E-state index >= 15 is 0 Å². The summed E-state index contributed by atoms with van der Waals surface area (Å²) < 4.78 is 5.79. The van der Waals surface area contributed by atoms with E-state index in [9.17, 15) is 0 Å². The first-order valence-electron chi connectivity index (χ1n) is 7.29. The molecule has 2 heterocycles. The third-order valence-electron chi connectivity index (χ3n) is 4.23. The fourth-order valence-electron chi connectivity index (χ4n) is 3.29. The zero-order valence-corrected chi connectivity index (χ0v) is 11.3. The monoisotopic (exact) mass is 245 g/mol. The van der Waals surface area contributed by atoms with Crippen LogP contribution in [-0.2, 0) is 12.8 Å². The predicted octanol–water partition coefficient (Wildman–Crippen LogP) is 2.86. The smallest absolute Gasteiger partial charge is 0.125 e. The summed E-state index contributed by atoms with van der Waals surface area (Å²) in [7, 11) is 0. The van der Waals surface area contributed by atoms with Crippen LogP contribution in [0.1, 0.15) is 36.0 Å². The highest BCUT2D eigenvalue weighted by Crippen LogP contribution is 2.31. The Kier molecular flexibility index (Phi) is 3.55. The summed E-state index contributed by atoms with van der Waals surface area (Å²) in [6.45, 7) is 5.47. The van der Waals surface area contributed by atoms with Crippen molar-refractivity contribution in [2.75, 3.05) is 19.7 Å². The lowest BCUT2D eigenvalue weighted by Crippen LogP contribution is -2.28. The van der Waals surface area contributed by atoms with Crippen molar-refractivity contribution in [1.82, 2.24) is 5.32 Å². The Labute approximate surface area is 110 Å². The van der Waals surface area contributed by atoms with E-state index in [1.54, 1.807) is 0 Å².